The molecule has 0 aromatic heterocycles. The fourth-order valence-electron chi connectivity index (χ4n) is 3.21. The second kappa shape index (κ2) is 8.01. The van der Waals surface area contributed by atoms with Gasteiger partial charge in [-0.15, -0.1) is 0 Å². The molecule has 1 fully saturated rings. The van der Waals surface area contributed by atoms with Crippen LogP contribution in [0.1, 0.15) is 19.8 Å². The van der Waals surface area contributed by atoms with Gasteiger partial charge in [0.2, 0.25) is 10.0 Å². The van der Waals surface area contributed by atoms with E-state index in [4.69, 9.17) is 4.74 Å². The molecule has 1 saturated heterocycles. The molecule has 26 heavy (non-hydrogen) atoms. The van der Waals surface area contributed by atoms with Crippen molar-refractivity contribution in [2.45, 2.75) is 24.7 Å². The van der Waals surface area contributed by atoms with E-state index in [9.17, 15) is 13.2 Å². The molecule has 0 bridgehead atoms. The number of sulfonamides is 1. The van der Waals surface area contributed by atoms with Crippen molar-refractivity contribution >= 4 is 16.0 Å². The minimum absolute atomic E-state index is 0.182. The fourth-order valence-corrected chi connectivity index (χ4v) is 4.74. The number of carbonyl (C=O) groups is 1. The lowest BCUT2D eigenvalue weighted by molar-refractivity contribution is -0.149. The molecule has 0 amide bonds. The molecule has 1 atom stereocenters. The molecule has 0 aliphatic carbocycles. The number of ether oxygens (including phenoxy) is 1. The Labute approximate surface area is 154 Å². The van der Waals surface area contributed by atoms with Gasteiger partial charge in [-0.25, -0.2) is 8.42 Å². The maximum Gasteiger partial charge on any atom is 0.310 e. The number of esters is 1. The van der Waals surface area contributed by atoms with E-state index in [2.05, 4.69) is 0 Å². The van der Waals surface area contributed by atoms with E-state index in [1.165, 1.54) is 4.31 Å². The summed E-state index contributed by atoms with van der Waals surface area (Å²) in [6.07, 6.45) is 1.32. The topological polar surface area (TPSA) is 63.7 Å². The van der Waals surface area contributed by atoms with Crippen LogP contribution < -0.4 is 0 Å². The van der Waals surface area contributed by atoms with Crippen LogP contribution in [-0.2, 0) is 19.6 Å². The summed E-state index contributed by atoms with van der Waals surface area (Å²) in [5.41, 5.74) is 2.00. The van der Waals surface area contributed by atoms with Crippen molar-refractivity contribution in [3.63, 3.8) is 0 Å². The van der Waals surface area contributed by atoms with Crippen LogP contribution in [0.25, 0.3) is 11.1 Å². The van der Waals surface area contributed by atoms with Crippen LogP contribution in [0.15, 0.2) is 59.5 Å². The van der Waals surface area contributed by atoms with Crippen LogP contribution in [0, 0.1) is 5.92 Å². The Morgan fingerprint density at radius 2 is 1.73 bits per heavy atom. The third-order valence-corrected chi connectivity index (χ3v) is 6.48. The quantitative estimate of drug-likeness (QED) is 0.754. The average molecular weight is 373 g/mol. The van der Waals surface area contributed by atoms with E-state index < -0.39 is 10.0 Å². The molecule has 1 unspecified atom stereocenters. The Balaban J connectivity index is 1.78. The number of hydrogen-bond acceptors (Lipinski definition) is 4. The smallest absolute Gasteiger partial charge is 0.310 e. The fraction of sp³-hybridized carbons (Fsp3) is 0.350. The van der Waals surface area contributed by atoms with E-state index in [-0.39, 0.29) is 23.3 Å². The van der Waals surface area contributed by atoms with Crippen molar-refractivity contribution in [2.24, 2.45) is 5.92 Å². The van der Waals surface area contributed by atoms with Gasteiger partial charge in [-0.1, -0.05) is 42.5 Å². The zero-order valence-corrected chi connectivity index (χ0v) is 15.6. The SMILES string of the molecule is CCOC(=O)C1CCCN(S(=O)(=O)c2ccc(-c3ccccc3)cc2)C1. The number of benzene rings is 2. The molecular formula is C20H23NO4S. The van der Waals surface area contributed by atoms with Crippen LogP contribution in [0.4, 0.5) is 0 Å². The summed E-state index contributed by atoms with van der Waals surface area (Å²) in [5.74, 6) is -0.700. The van der Waals surface area contributed by atoms with Gasteiger partial charge in [0.1, 0.15) is 0 Å². The number of nitrogens with zero attached hydrogens (tertiary/aromatic N) is 1. The van der Waals surface area contributed by atoms with Crippen molar-refractivity contribution in [1.82, 2.24) is 4.31 Å². The van der Waals surface area contributed by atoms with Crippen molar-refractivity contribution in [3.8, 4) is 11.1 Å². The molecule has 0 spiro atoms. The summed E-state index contributed by atoms with van der Waals surface area (Å²) in [6.45, 7) is 2.67. The molecule has 5 nitrogen and oxygen atoms in total. The van der Waals surface area contributed by atoms with Gasteiger partial charge >= 0.3 is 5.97 Å². The molecule has 138 valence electrons. The molecule has 2 aromatic carbocycles. The van der Waals surface area contributed by atoms with E-state index in [0.717, 1.165) is 11.1 Å². The molecule has 1 aliphatic heterocycles. The average Bonchev–Trinajstić information content (AvgIpc) is 2.69. The van der Waals surface area contributed by atoms with Gasteiger partial charge in [-0.05, 0) is 43.0 Å². The van der Waals surface area contributed by atoms with Crippen LogP contribution >= 0.6 is 0 Å². The van der Waals surface area contributed by atoms with Gasteiger partial charge in [0.25, 0.3) is 0 Å². The zero-order valence-electron chi connectivity index (χ0n) is 14.8. The zero-order chi connectivity index (χ0) is 18.6. The lowest BCUT2D eigenvalue weighted by atomic mass is 10.0. The van der Waals surface area contributed by atoms with Gasteiger partial charge < -0.3 is 4.74 Å². The predicted molar refractivity (Wildman–Crippen MR) is 100.0 cm³/mol. The van der Waals surface area contributed by atoms with Crippen LogP contribution in [0.2, 0.25) is 0 Å². The number of piperidine rings is 1. The number of hydrogen-bond donors (Lipinski definition) is 0. The highest BCUT2D eigenvalue weighted by molar-refractivity contribution is 7.89. The summed E-state index contributed by atoms with van der Waals surface area (Å²) in [7, 11) is -3.62. The van der Waals surface area contributed by atoms with Crippen molar-refractivity contribution in [1.29, 1.82) is 0 Å². The molecular weight excluding hydrogens is 350 g/mol. The lowest BCUT2D eigenvalue weighted by Gasteiger charge is -2.30. The van der Waals surface area contributed by atoms with Crippen LogP contribution in [0.5, 0.6) is 0 Å². The molecule has 2 aromatic rings. The van der Waals surface area contributed by atoms with Gasteiger partial charge in [-0.3, -0.25) is 4.79 Å². The molecule has 0 saturated carbocycles. The van der Waals surface area contributed by atoms with Crippen LogP contribution in [0.3, 0.4) is 0 Å². The van der Waals surface area contributed by atoms with Gasteiger partial charge in [0.15, 0.2) is 0 Å². The Bertz CT molecular complexity index is 847. The minimum atomic E-state index is -3.62. The maximum absolute atomic E-state index is 12.9. The van der Waals surface area contributed by atoms with Crippen molar-refractivity contribution in [2.75, 3.05) is 19.7 Å². The standard InChI is InChI=1S/C20H23NO4S/c1-2-25-20(22)18-9-6-14-21(15-18)26(23,24)19-12-10-17(11-13-19)16-7-4-3-5-8-16/h3-5,7-8,10-13,18H,2,6,9,14-15H2,1H3. The molecule has 0 N–H and O–H groups in total. The van der Waals surface area contributed by atoms with E-state index in [0.29, 0.717) is 26.0 Å². The highest BCUT2D eigenvalue weighted by Gasteiger charge is 2.33. The monoisotopic (exact) mass is 373 g/mol. The summed E-state index contributed by atoms with van der Waals surface area (Å²) in [4.78, 5) is 12.2. The summed E-state index contributed by atoms with van der Waals surface area (Å²) >= 11 is 0. The largest absolute Gasteiger partial charge is 0.466 e. The summed E-state index contributed by atoms with van der Waals surface area (Å²) in [6, 6.07) is 16.7. The molecule has 1 aliphatic rings. The van der Waals surface area contributed by atoms with Crippen LogP contribution in [-0.4, -0.2) is 38.4 Å². The first kappa shape index (κ1) is 18.6. The first-order valence-corrected chi connectivity index (χ1v) is 10.3. The van der Waals surface area contributed by atoms with Gasteiger partial charge in [0, 0.05) is 13.1 Å². The minimum Gasteiger partial charge on any atom is -0.466 e. The summed E-state index contributed by atoms with van der Waals surface area (Å²) in [5, 5.41) is 0. The molecule has 1 heterocycles. The Morgan fingerprint density at radius 1 is 1.08 bits per heavy atom. The second-order valence-corrected chi connectivity index (χ2v) is 8.28. The first-order chi connectivity index (χ1) is 12.5. The maximum atomic E-state index is 12.9. The number of carbonyl (C=O) groups excluding carboxylic acids is 1. The summed E-state index contributed by atoms with van der Waals surface area (Å²) < 4.78 is 32.3. The lowest BCUT2D eigenvalue weighted by Crippen LogP contribution is -2.42. The van der Waals surface area contributed by atoms with E-state index >= 15 is 0 Å². The second-order valence-electron chi connectivity index (χ2n) is 6.34. The third kappa shape index (κ3) is 3.97. The van der Waals surface area contributed by atoms with E-state index in [1.54, 1.807) is 19.1 Å². The van der Waals surface area contributed by atoms with E-state index in [1.807, 2.05) is 42.5 Å². The van der Waals surface area contributed by atoms with Crippen molar-refractivity contribution < 1.29 is 17.9 Å². The first-order valence-electron chi connectivity index (χ1n) is 8.84. The highest BCUT2D eigenvalue weighted by Crippen LogP contribution is 2.26. The Kier molecular flexibility index (Phi) is 5.74. The number of rotatable bonds is 5. The predicted octanol–water partition coefficient (Wildman–Crippen LogP) is 3.32. The van der Waals surface area contributed by atoms with Gasteiger partial charge in [-0.2, -0.15) is 4.31 Å². The normalized spacial score (nSPS) is 18.4. The third-order valence-electron chi connectivity index (χ3n) is 4.60. The molecule has 3 rings (SSSR count). The Hall–Kier alpha value is -2.18. The molecule has 6 heteroatoms. The van der Waals surface area contributed by atoms with Crippen molar-refractivity contribution in [3.05, 3.63) is 54.6 Å². The highest BCUT2D eigenvalue weighted by atomic mass is 32.2. The molecule has 0 radical (unpaired) electrons. The Morgan fingerprint density at radius 3 is 2.38 bits per heavy atom. The van der Waals surface area contributed by atoms with Gasteiger partial charge in [0.05, 0.1) is 17.4 Å².